The molecule has 12 heavy (non-hydrogen) atoms. The minimum Gasteiger partial charge on any atom is -0.450 e. The molecule has 0 aromatic carbocycles. The first-order chi connectivity index (χ1) is 5.60. The molecule has 1 aliphatic carbocycles. The van der Waals surface area contributed by atoms with Crippen LogP contribution in [0.4, 0.5) is 0 Å². The van der Waals surface area contributed by atoms with Crippen LogP contribution in [0.15, 0.2) is 11.8 Å². The maximum Gasteiger partial charge on any atom is 0.333 e. The summed E-state index contributed by atoms with van der Waals surface area (Å²) in [4.78, 5) is 10.9. The summed E-state index contributed by atoms with van der Waals surface area (Å²) in [6.45, 7) is 1.89. The first-order valence-electron chi connectivity index (χ1n) is 4.31. The van der Waals surface area contributed by atoms with Crippen LogP contribution in [0, 0.1) is 5.92 Å². The maximum atomic E-state index is 10.9. The van der Waals surface area contributed by atoms with Crippen molar-refractivity contribution in [3.05, 3.63) is 11.8 Å². The van der Waals surface area contributed by atoms with E-state index in [0.717, 1.165) is 6.42 Å². The van der Waals surface area contributed by atoms with Gasteiger partial charge in [0.25, 0.3) is 0 Å². The molecule has 3 heteroatoms. The van der Waals surface area contributed by atoms with E-state index in [9.17, 15) is 4.79 Å². The van der Waals surface area contributed by atoms with E-state index in [-0.39, 0.29) is 5.97 Å². The number of rotatable bonds is 2. The Bertz CT molecular complexity index is 255. The maximum absolute atomic E-state index is 10.9. The summed E-state index contributed by atoms with van der Waals surface area (Å²) in [7, 11) is 0. The molecule has 1 fully saturated rings. The van der Waals surface area contributed by atoms with Crippen LogP contribution in [0.25, 0.3) is 0 Å². The second-order valence-corrected chi connectivity index (χ2v) is 3.90. The minimum absolute atomic E-state index is 0.296. The third kappa shape index (κ3) is 1.19. The van der Waals surface area contributed by atoms with Crippen LogP contribution in [0.2, 0.25) is 0 Å². The molecule has 2 N–H and O–H groups in total. The fourth-order valence-electron chi connectivity index (χ4n) is 1.62. The Labute approximate surface area is 71.6 Å². The molecular weight excluding hydrogens is 154 g/mol. The lowest BCUT2D eigenvalue weighted by molar-refractivity contribution is -0.145. The van der Waals surface area contributed by atoms with Crippen LogP contribution in [-0.2, 0) is 9.53 Å². The molecule has 66 valence electrons. The fraction of sp³-hybridized carbons (Fsp3) is 0.667. The van der Waals surface area contributed by atoms with Crippen LogP contribution in [0.5, 0.6) is 0 Å². The van der Waals surface area contributed by atoms with E-state index in [1.54, 1.807) is 0 Å². The fourth-order valence-corrected chi connectivity index (χ4v) is 1.62. The van der Waals surface area contributed by atoms with Gasteiger partial charge in [0, 0.05) is 6.08 Å². The molecule has 1 heterocycles. The lowest BCUT2D eigenvalue weighted by Crippen LogP contribution is -2.32. The van der Waals surface area contributed by atoms with E-state index >= 15 is 0 Å². The molecule has 0 saturated heterocycles. The Kier molecular flexibility index (Phi) is 1.43. The van der Waals surface area contributed by atoms with Gasteiger partial charge in [-0.05, 0) is 19.3 Å². The number of esters is 1. The molecule has 0 bridgehead atoms. The summed E-state index contributed by atoms with van der Waals surface area (Å²) in [5, 5.41) is 0. The van der Waals surface area contributed by atoms with Crippen molar-refractivity contribution < 1.29 is 9.53 Å². The second kappa shape index (κ2) is 2.25. The van der Waals surface area contributed by atoms with Gasteiger partial charge in [0.05, 0.1) is 5.70 Å². The quantitative estimate of drug-likeness (QED) is 0.623. The molecule has 2 aliphatic rings. The molecule has 1 unspecified atom stereocenters. The molecule has 0 aromatic rings. The Morgan fingerprint density at radius 2 is 2.42 bits per heavy atom. The Hall–Kier alpha value is -0.990. The number of hydrogen-bond acceptors (Lipinski definition) is 3. The smallest absolute Gasteiger partial charge is 0.333 e. The SMILES string of the molecule is CC1(CC2CC2)OC(=O)C=C1N. The van der Waals surface area contributed by atoms with Crippen molar-refractivity contribution in [3.8, 4) is 0 Å². The molecular formula is C9H13NO2. The number of cyclic esters (lactones) is 1. The third-order valence-corrected chi connectivity index (χ3v) is 2.58. The highest BCUT2D eigenvalue weighted by molar-refractivity contribution is 5.86. The van der Waals surface area contributed by atoms with Gasteiger partial charge in [-0.15, -0.1) is 0 Å². The van der Waals surface area contributed by atoms with E-state index in [1.165, 1.54) is 18.9 Å². The zero-order valence-corrected chi connectivity index (χ0v) is 7.17. The predicted octanol–water partition coefficient (Wildman–Crippen LogP) is 0.945. The zero-order chi connectivity index (χ0) is 8.77. The number of ether oxygens (including phenoxy) is 1. The second-order valence-electron chi connectivity index (χ2n) is 3.90. The van der Waals surface area contributed by atoms with Crippen LogP contribution in [-0.4, -0.2) is 11.6 Å². The molecule has 2 rings (SSSR count). The minimum atomic E-state index is -0.502. The van der Waals surface area contributed by atoms with Crippen molar-refractivity contribution in [3.63, 3.8) is 0 Å². The summed E-state index contributed by atoms with van der Waals surface area (Å²) >= 11 is 0. The highest BCUT2D eigenvalue weighted by atomic mass is 16.6. The van der Waals surface area contributed by atoms with E-state index in [4.69, 9.17) is 10.5 Å². The van der Waals surface area contributed by atoms with E-state index in [0.29, 0.717) is 11.6 Å². The standard InChI is InChI=1S/C9H13NO2/c1-9(5-6-2-3-6)7(10)4-8(11)12-9/h4,6H,2-3,5,10H2,1H3. The number of carbonyl (C=O) groups excluding carboxylic acids is 1. The van der Waals surface area contributed by atoms with Gasteiger partial charge in [-0.2, -0.15) is 0 Å². The van der Waals surface area contributed by atoms with Crippen LogP contribution >= 0.6 is 0 Å². The Morgan fingerprint density at radius 3 is 2.83 bits per heavy atom. The zero-order valence-electron chi connectivity index (χ0n) is 7.17. The highest BCUT2D eigenvalue weighted by Gasteiger charge is 2.41. The van der Waals surface area contributed by atoms with Gasteiger partial charge >= 0.3 is 5.97 Å². The van der Waals surface area contributed by atoms with Gasteiger partial charge < -0.3 is 10.5 Å². The van der Waals surface area contributed by atoms with Gasteiger partial charge in [0.15, 0.2) is 0 Å². The lowest BCUT2D eigenvalue weighted by atomic mass is 9.96. The molecule has 1 atom stereocenters. The van der Waals surface area contributed by atoms with Gasteiger partial charge in [-0.3, -0.25) is 0 Å². The molecule has 0 aromatic heterocycles. The predicted molar refractivity (Wildman–Crippen MR) is 44.1 cm³/mol. The molecule has 1 saturated carbocycles. The van der Waals surface area contributed by atoms with Gasteiger partial charge in [0.1, 0.15) is 5.60 Å². The monoisotopic (exact) mass is 167 g/mol. The summed E-state index contributed by atoms with van der Waals surface area (Å²) in [6, 6.07) is 0. The highest BCUT2D eigenvalue weighted by Crippen LogP contribution is 2.41. The summed E-state index contributed by atoms with van der Waals surface area (Å²) in [5.41, 5.74) is 5.78. The van der Waals surface area contributed by atoms with Crippen LogP contribution in [0.3, 0.4) is 0 Å². The van der Waals surface area contributed by atoms with Crippen molar-refractivity contribution in [1.82, 2.24) is 0 Å². The van der Waals surface area contributed by atoms with Crippen molar-refractivity contribution >= 4 is 5.97 Å². The number of carbonyl (C=O) groups is 1. The average molecular weight is 167 g/mol. The normalized spacial score (nSPS) is 34.8. The van der Waals surface area contributed by atoms with Crippen molar-refractivity contribution in [2.75, 3.05) is 0 Å². The molecule has 3 nitrogen and oxygen atoms in total. The van der Waals surface area contributed by atoms with E-state index < -0.39 is 5.60 Å². The molecule has 0 spiro atoms. The third-order valence-electron chi connectivity index (χ3n) is 2.58. The topological polar surface area (TPSA) is 52.3 Å². The largest absolute Gasteiger partial charge is 0.450 e. The summed E-state index contributed by atoms with van der Waals surface area (Å²) in [6.07, 6.45) is 4.78. The van der Waals surface area contributed by atoms with Crippen molar-refractivity contribution in [1.29, 1.82) is 0 Å². The Balaban J connectivity index is 2.09. The van der Waals surface area contributed by atoms with E-state index in [2.05, 4.69) is 0 Å². The summed E-state index contributed by atoms with van der Waals surface area (Å²) < 4.78 is 5.16. The Morgan fingerprint density at radius 1 is 1.75 bits per heavy atom. The van der Waals surface area contributed by atoms with Crippen LogP contribution in [0.1, 0.15) is 26.2 Å². The molecule has 0 radical (unpaired) electrons. The summed E-state index contributed by atoms with van der Waals surface area (Å²) in [5.74, 6) is 0.420. The first kappa shape index (κ1) is 7.65. The lowest BCUT2D eigenvalue weighted by Gasteiger charge is -2.24. The molecule has 1 aliphatic heterocycles. The van der Waals surface area contributed by atoms with Gasteiger partial charge in [0.2, 0.25) is 0 Å². The van der Waals surface area contributed by atoms with E-state index in [1.807, 2.05) is 6.92 Å². The van der Waals surface area contributed by atoms with Gasteiger partial charge in [-0.25, -0.2) is 4.79 Å². The first-order valence-corrected chi connectivity index (χ1v) is 4.31. The van der Waals surface area contributed by atoms with Crippen LogP contribution < -0.4 is 5.73 Å². The number of nitrogens with two attached hydrogens (primary N) is 1. The van der Waals surface area contributed by atoms with Gasteiger partial charge in [-0.1, -0.05) is 12.8 Å². The average Bonchev–Trinajstić information content (AvgIpc) is 2.65. The number of hydrogen-bond donors (Lipinski definition) is 1. The van der Waals surface area contributed by atoms with Crippen molar-refractivity contribution in [2.24, 2.45) is 11.7 Å². The molecule has 0 amide bonds. The van der Waals surface area contributed by atoms with Crippen molar-refractivity contribution in [2.45, 2.75) is 31.8 Å².